The average Bonchev–Trinajstić information content (AvgIpc) is 2.54. The van der Waals surface area contributed by atoms with E-state index < -0.39 is 22.4 Å². The molecular formula is C14H18FN3O4. The van der Waals surface area contributed by atoms with E-state index in [0.29, 0.717) is 13.1 Å². The summed E-state index contributed by atoms with van der Waals surface area (Å²) in [4.78, 5) is 25.9. The van der Waals surface area contributed by atoms with E-state index in [2.05, 4.69) is 16.6 Å². The van der Waals surface area contributed by atoms with Crippen molar-refractivity contribution in [3.8, 4) is 0 Å². The van der Waals surface area contributed by atoms with Gasteiger partial charge in [0.05, 0.1) is 23.8 Å². The first-order chi connectivity index (χ1) is 10.5. The van der Waals surface area contributed by atoms with Crippen molar-refractivity contribution in [3.63, 3.8) is 0 Å². The van der Waals surface area contributed by atoms with E-state index in [0.717, 1.165) is 32.8 Å². The third-order valence-electron chi connectivity index (χ3n) is 3.83. The number of nitro benzene ring substituents is 1. The molecule has 0 aliphatic carbocycles. The third kappa shape index (κ3) is 3.16. The second-order valence-electron chi connectivity index (χ2n) is 4.99. The number of piperazine rings is 1. The fourth-order valence-corrected chi connectivity index (χ4v) is 2.52. The molecule has 0 aromatic heterocycles. The van der Waals surface area contributed by atoms with Gasteiger partial charge in [0.2, 0.25) is 0 Å². The lowest BCUT2D eigenvalue weighted by Crippen LogP contribution is -2.46. The van der Waals surface area contributed by atoms with E-state index >= 15 is 0 Å². The van der Waals surface area contributed by atoms with Crippen molar-refractivity contribution in [2.75, 3.05) is 44.7 Å². The summed E-state index contributed by atoms with van der Waals surface area (Å²) in [5.74, 6) is -1.55. The summed E-state index contributed by atoms with van der Waals surface area (Å²) in [6.07, 6.45) is 0. The largest absolute Gasteiger partial charge is 0.465 e. The Morgan fingerprint density at radius 1 is 1.36 bits per heavy atom. The second kappa shape index (κ2) is 6.69. The number of carbonyl (C=O) groups is 1. The van der Waals surface area contributed by atoms with Crippen LogP contribution in [0.1, 0.15) is 17.3 Å². The van der Waals surface area contributed by atoms with Crippen LogP contribution in [0.5, 0.6) is 0 Å². The molecule has 8 heteroatoms. The van der Waals surface area contributed by atoms with E-state index in [1.54, 1.807) is 4.90 Å². The lowest BCUT2D eigenvalue weighted by Gasteiger charge is -2.35. The standard InChI is InChI=1S/C14H18FN3O4/c1-3-16-4-6-17(7-5-16)13-8-10(14(19)22-2)12(18(20)21)9-11(13)15/h8-9H,3-7H2,1-2H3. The Morgan fingerprint density at radius 2 is 2.00 bits per heavy atom. The van der Waals surface area contributed by atoms with Gasteiger partial charge in [0, 0.05) is 26.2 Å². The molecule has 0 radical (unpaired) electrons. The van der Waals surface area contributed by atoms with E-state index in [9.17, 15) is 19.3 Å². The van der Waals surface area contributed by atoms with Gasteiger partial charge in [0.15, 0.2) is 5.82 Å². The predicted molar refractivity (Wildman–Crippen MR) is 78.7 cm³/mol. The molecule has 22 heavy (non-hydrogen) atoms. The van der Waals surface area contributed by atoms with Crippen molar-refractivity contribution in [2.24, 2.45) is 0 Å². The first-order valence-corrected chi connectivity index (χ1v) is 7.01. The smallest absolute Gasteiger partial charge is 0.344 e. The van der Waals surface area contributed by atoms with Gasteiger partial charge >= 0.3 is 5.97 Å². The molecule has 0 amide bonds. The maximum atomic E-state index is 14.2. The number of halogens is 1. The molecule has 0 atom stereocenters. The number of methoxy groups -OCH3 is 1. The van der Waals surface area contributed by atoms with E-state index in [-0.39, 0.29) is 11.3 Å². The van der Waals surface area contributed by atoms with Gasteiger partial charge in [-0.2, -0.15) is 0 Å². The minimum absolute atomic E-state index is 0.196. The van der Waals surface area contributed by atoms with Crippen molar-refractivity contribution in [2.45, 2.75) is 6.92 Å². The van der Waals surface area contributed by atoms with Crippen LogP contribution in [0.25, 0.3) is 0 Å². The highest BCUT2D eigenvalue weighted by Crippen LogP contribution is 2.29. The van der Waals surface area contributed by atoms with Gasteiger partial charge in [0.1, 0.15) is 5.56 Å². The summed E-state index contributed by atoms with van der Waals surface area (Å²) in [6, 6.07) is 1.99. The van der Waals surface area contributed by atoms with Crippen LogP contribution in [0.4, 0.5) is 15.8 Å². The number of likely N-dealkylation sites (N-methyl/N-ethyl adjacent to an activating group) is 1. The quantitative estimate of drug-likeness (QED) is 0.478. The molecule has 0 bridgehead atoms. The zero-order chi connectivity index (χ0) is 16.3. The van der Waals surface area contributed by atoms with Crippen LogP contribution < -0.4 is 4.90 Å². The molecule has 7 nitrogen and oxygen atoms in total. The number of anilines is 1. The van der Waals surface area contributed by atoms with Crippen molar-refractivity contribution in [1.82, 2.24) is 4.90 Å². The van der Waals surface area contributed by atoms with Gasteiger partial charge in [-0.05, 0) is 12.6 Å². The van der Waals surface area contributed by atoms with Gasteiger partial charge in [0.25, 0.3) is 5.69 Å². The van der Waals surface area contributed by atoms with Crippen LogP contribution in [-0.4, -0.2) is 55.6 Å². The first kappa shape index (κ1) is 16.2. The van der Waals surface area contributed by atoms with Crippen LogP contribution in [0.3, 0.4) is 0 Å². The highest BCUT2D eigenvalue weighted by molar-refractivity contribution is 5.95. The molecule has 1 aromatic rings. The molecule has 1 aliphatic rings. The summed E-state index contributed by atoms with van der Waals surface area (Å²) in [5, 5.41) is 11.0. The molecule has 0 N–H and O–H groups in total. The molecule has 0 spiro atoms. The van der Waals surface area contributed by atoms with Gasteiger partial charge in [-0.15, -0.1) is 0 Å². The molecule has 0 unspecified atom stereocenters. The summed E-state index contributed by atoms with van der Waals surface area (Å²) in [6.45, 7) is 5.73. The highest BCUT2D eigenvalue weighted by atomic mass is 19.1. The fourth-order valence-electron chi connectivity index (χ4n) is 2.52. The van der Waals surface area contributed by atoms with Gasteiger partial charge in [-0.1, -0.05) is 6.92 Å². The second-order valence-corrected chi connectivity index (χ2v) is 4.99. The van der Waals surface area contributed by atoms with Crippen molar-refractivity contribution in [3.05, 3.63) is 33.6 Å². The summed E-state index contributed by atoms with van der Waals surface area (Å²) >= 11 is 0. The summed E-state index contributed by atoms with van der Waals surface area (Å²) in [7, 11) is 1.13. The van der Waals surface area contributed by atoms with Crippen LogP contribution in [0.2, 0.25) is 0 Å². The van der Waals surface area contributed by atoms with E-state index in [1.165, 1.54) is 6.07 Å². The maximum Gasteiger partial charge on any atom is 0.344 e. The fraction of sp³-hybridized carbons (Fsp3) is 0.500. The van der Waals surface area contributed by atoms with E-state index in [1.807, 2.05) is 0 Å². The normalized spacial score (nSPS) is 15.7. The number of esters is 1. The number of nitrogens with zero attached hydrogens (tertiary/aromatic N) is 3. The zero-order valence-corrected chi connectivity index (χ0v) is 12.5. The molecule has 120 valence electrons. The Morgan fingerprint density at radius 3 is 2.50 bits per heavy atom. The molecule has 0 saturated carbocycles. The third-order valence-corrected chi connectivity index (χ3v) is 3.83. The predicted octanol–water partition coefficient (Wildman–Crippen LogP) is 1.66. The minimum Gasteiger partial charge on any atom is -0.465 e. The number of rotatable bonds is 4. The van der Waals surface area contributed by atoms with Gasteiger partial charge in [-0.25, -0.2) is 9.18 Å². The molecule has 1 aliphatic heterocycles. The van der Waals surface area contributed by atoms with Crippen molar-refractivity contribution < 1.29 is 18.8 Å². The Kier molecular flexibility index (Phi) is 4.92. The van der Waals surface area contributed by atoms with Crippen LogP contribution in [0, 0.1) is 15.9 Å². The Bertz CT molecular complexity index is 586. The summed E-state index contributed by atoms with van der Waals surface area (Å²) < 4.78 is 18.8. The number of carbonyl (C=O) groups excluding carboxylic acids is 1. The molecule has 1 fully saturated rings. The Hall–Kier alpha value is -2.22. The molecule has 1 heterocycles. The number of hydrogen-bond donors (Lipinski definition) is 0. The maximum absolute atomic E-state index is 14.2. The number of ether oxygens (including phenoxy) is 1. The van der Waals surface area contributed by atoms with Crippen molar-refractivity contribution in [1.29, 1.82) is 0 Å². The molecule has 2 rings (SSSR count). The topological polar surface area (TPSA) is 75.9 Å². The van der Waals surface area contributed by atoms with Crippen LogP contribution in [0.15, 0.2) is 12.1 Å². The van der Waals surface area contributed by atoms with Crippen LogP contribution in [-0.2, 0) is 4.74 Å². The van der Waals surface area contributed by atoms with Gasteiger partial charge in [-0.3, -0.25) is 10.1 Å². The minimum atomic E-state index is -0.847. The summed E-state index contributed by atoms with van der Waals surface area (Å²) in [5.41, 5.74) is -0.621. The Labute approximate surface area is 127 Å². The highest BCUT2D eigenvalue weighted by Gasteiger charge is 2.27. The zero-order valence-electron chi connectivity index (χ0n) is 12.5. The lowest BCUT2D eigenvalue weighted by molar-refractivity contribution is -0.385. The Balaban J connectivity index is 2.36. The van der Waals surface area contributed by atoms with Crippen molar-refractivity contribution >= 4 is 17.3 Å². The molecule has 1 aromatic carbocycles. The average molecular weight is 311 g/mol. The number of hydrogen-bond acceptors (Lipinski definition) is 6. The molecule has 1 saturated heterocycles. The lowest BCUT2D eigenvalue weighted by atomic mass is 10.1. The van der Waals surface area contributed by atoms with Gasteiger partial charge < -0.3 is 14.5 Å². The SMILES string of the molecule is CCN1CCN(c2cc(C(=O)OC)c([N+](=O)[O-])cc2F)CC1. The molecular weight excluding hydrogens is 293 g/mol. The monoisotopic (exact) mass is 311 g/mol. The first-order valence-electron chi connectivity index (χ1n) is 7.01. The number of benzene rings is 1. The van der Waals surface area contributed by atoms with E-state index in [4.69, 9.17) is 0 Å². The van der Waals surface area contributed by atoms with Crippen LogP contribution >= 0.6 is 0 Å². The number of nitro groups is 1.